The minimum atomic E-state index is -0.109. The van der Waals surface area contributed by atoms with Crippen LogP contribution in [0.3, 0.4) is 0 Å². The van der Waals surface area contributed by atoms with Crippen LogP contribution >= 0.6 is 0 Å². The van der Waals surface area contributed by atoms with Crippen LogP contribution in [0.5, 0.6) is 0 Å². The molecule has 3 rings (SSSR count). The Morgan fingerprint density at radius 3 is 2.53 bits per heavy atom. The molecule has 1 heterocycles. The van der Waals surface area contributed by atoms with Crippen LogP contribution in [-0.4, -0.2) is 4.98 Å². The third-order valence-electron chi connectivity index (χ3n) is 3.17. The number of anilines is 2. The molecule has 0 unspecified atom stereocenters. The second-order valence-corrected chi connectivity index (χ2v) is 4.54. The number of aryl methyl sites for hydroxylation is 1. The molecule has 2 N–H and O–H groups in total. The van der Waals surface area contributed by atoms with E-state index >= 15 is 0 Å². The topological polar surface area (TPSA) is 44.9 Å². The normalized spacial score (nSPS) is 10.6. The molecule has 0 fully saturated rings. The molecule has 3 nitrogen and oxygen atoms in total. The summed E-state index contributed by atoms with van der Waals surface area (Å²) in [5.41, 5.74) is 3.36. The minimum absolute atomic E-state index is 0.109. The Balaban J connectivity index is 2.08. The molecule has 0 radical (unpaired) electrons. The smallest absolute Gasteiger partial charge is 0.272 e. The van der Waals surface area contributed by atoms with Gasteiger partial charge in [0.25, 0.3) is 5.56 Å². The fraction of sp³-hybridized carbons (Fsp3) is 0.0625. The summed E-state index contributed by atoms with van der Waals surface area (Å²) in [7, 11) is 0. The Morgan fingerprint density at radius 2 is 1.68 bits per heavy atom. The number of nitrogens with one attached hydrogen (secondary N) is 2. The van der Waals surface area contributed by atoms with E-state index in [-0.39, 0.29) is 5.56 Å². The standard InChI is InChI=1S/C16H14N2O/c1-11-6-2-4-8-13(11)17-15-10-12-7-3-5-9-14(12)18-16(15)19/h2-10,17H,1H3,(H,18,19). The Labute approximate surface area is 110 Å². The highest BCUT2D eigenvalue weighted by molar-refractivity contribution is 5.82. The van der Waals surface area contributed by atoms with Gasteiger partial charge in [0.05, 0.1) is 0 Å². The summed E-state index contributed by atoms with van der Waals surface area (Å²) in [4.78, 5) is 14.9. The average molecular weight is 250 g/mol. The van der Waals surface area contributed by atoms with Crippen molar-refractivity contribution < 1.29 is 0 Å². The number of fused-ring (bicyclic) bond motifs is 1. The van der Waals surface area contributed by atoms with Gasteiger partial charge in [-0.15, -0.1) is 0 Å². The van der Waals surface area contributed by atoms with E-state index in [4.69, 9.17) is 0 Å². The van der Waals surface area contributed by atoms with Crippen molar-refractivity contribution in [3.8, 4) is 0 Å². The number of benzene rings is 2. The van der Waals surface area contributed by atoms with Crippen LogP contribution in [0.4, 0.5) is 11.4 Å². The zero-order chi connectivity index (χ0) is 13.2. The largest absolute Gasteiger partial charge is 0.351 e. The van der Waals surface area contributed by atoms with Gasteiger partial charge in [-0.3, -0.25) is 4.79 Å². The van der Waals surface area contributed by atoms with E-state index in [1.54, 1.807) is 0 Å². The highest BCUT2D eigenvalue weighted by Crippen LogP contribution is 2.19. The van der Waals surface area contributed by atoms with Crippen LogP contribution in [-0.2, 0) is 0 Å². The van der Waals surface area contributed by atoms with Crippen molar-refractivity contribution in [2.24, 2.45) is 0 Å². The molecule has 0 amide bonds. The van der Waals surface area contributed by atoms with Crippen molar-refractivity contribution in [3.63, 3.8) is 0 Å². The summed E-state index contributed by atoms with van der Waals surface area (Å²) in [6.45, 7) is 2.01. The molecular weight excluding hydrogens is 236 g/mol. The quantitative estimate of drug-likeness (QED) is 0.730. The number of H-pyrrole nitrogens is 1. The number of para-hydroxylation sites is 2. The van der Waals surface area contributed by atoms with Gasteiger partial charge in [-0.1, -0.05) is 36.4 Å². The minimum Gasteiger partial charge on any atom is -0.351 e. The highest BCUT2D eigenvalue weighted by Gasteiger charge is 2.04. The van der Waals surface area contributed by atoms with Gasteiger partial charge in [0.15, 0.2) is 0 Å². The number of hydrogen-bond acceptors (Lipinski definition) is 2. The van der Waals surface area contributed by atoms with Crippen LogP contribution in [0.1, 0.15) is 5.56 Å². The van der Waals surface area contributed by atoms with Gasteiger partial charge in [0.1, 0.15) is 5.69 Å². The number of aromatic nitrogens is 1. The van der Waals surface area contributed by atoms with E-state index in [2.05, 4.69) is 10.3 Å². The van der Waals surface area contributed by atoms with Crippen molar-refractivity contribution in [3.05, 3.63) is 70.5 Å². The SMILES string of the molecule is Cc1ccccc1Nc1cc2ccccc2[nH]c1=O. The van der Waals surface area contributed by atoms with E-state index in [0.717, 1.165) is 22.2 Å². The van der Waals surface area contributed by atoms with E-state index in [1.807, 2.05) is 61.5 Å². The van der Waals surface area contributed by atoms with E-state index in [9.17, 15) is 4.79 Å². The summed E-state index contributed by atoms with van der Waals surface area (Å²) >= 11 is 0. The van der Waals surface area contributed by atoms with Crippen molar-refractivity contribution in [2.45, 2.75) is 6.92 Å². The van der Waals surface area contributed by atoms with Crippen molar-refractivity contribution in [1.82, 2.24) is 4.98 Å². The van der Waals surface area contributed by atoms with Gasteiger partial charge in [-0.25, -0.2) is 0 Å². The number of pyridine rings is 1. The van der Waals surface area contributed by atoms with Crippen LogP contribution in [0.25, 0.3) is 10.9 Å². The molecule has 0 atom stereocenters. The third-order valence-corrected chi connectivity index (χ3v) is 3.17. The van der Waals surface area contributed by atoms with E-state index < -0.39 is 0 Å². The molecule has 0 saturated heterocycles. The first-order valence-electron chi connectivity index (χ1n) is 6.19. The highest BCUT2D eigenvalue weighted by atomic mass is 16.1. The predicted octanol–water partition coefficient (Wildman–Crippen LogP) is 3.58. The Morgan fingerprint density at radius 1 is 0.947 bits per heavy atom. The third kappa shape index (κ3) is 2.22. The summed E-state index contributed by atoms with van der Waals surface area (Å²) in [6.07, 6.45) is 0. The number of rotatable bonds is 2. The molecule has 1 aromatic heterocycles. The summed E-state index contributed by atoms with van der Waals surface area (Å²) in [6, 6.07) is 17.5. The first kappa shape index (κ1) is 11.5. The maximum atomic E-state index is 12.0. The van der Waals surface area contributed by atoms with Crippen LogP contribution in [0, 0.1) is 6.92 Å². The zero-order valence-corrected chi connectivity index (χ0v) is 10.6. The first-order chi connectivity index (χ1) is 9.24. The molecule has 0 aliphatic rings. The lowest BCUT2D eigenvalue weighted by molar-refractivity contribution is 1.29. The van der Waals surface area contributed by atoms with Crippen LogP contribution in [0.15, 0.2) is 59.4 Å². The molecule has 3 aromatic rings. The fourth-order valence-electron chi connectivity index (χ4n) is 2.10. The summed E-state index contributed by atoms with van der Waals surface area (Å²) in [5, 5.41) is 4.20. The molecule has 19 heavy (non-hydrogen) atoms. The van der Waals surface area contributed by atoms with E-state index in [1.165, 1.54) is 0 Å². The van der Waals surface area contributed by atoms with Gasteiger partial charge < -0.3 is 10.3 Å². The zero-order valence-electron chi connectivity index (χ0n) is 10.6. The Hall–Kier alpha value is -2.55. The van der Waals surface area contributed by atoms with E-state index in [0.29, 0.717) is 5.69 Å². The lowest BCUT2D eigenvalue weighted by atomic mass is 10.2. The van der Waals surface area contributed by atoms with Crippen LogP contribution in [0.2, 0.25) is 0 Å². The molecule has 0 aliphatic heterocycles. The molecule has 0 bridgehead atoms. The molecule has 94 valence electrons. The predicted molar refractivity (Wildman–Crippen MR) is 79.0 cm³/mol. The van der Waals surface area contributed by atoms with Crippen molar-refractivity contribution in [1.29, 1.82) is 0 Å². The molecule has 0 aliphatic carbocycles. The maximum absolute atomic E-state index is 12.0. The lowest BCUT2D eigenvalue weighted by Gasteiger charge is -2.09. The summed E-state index contributed by atoms with van der Waals surface area (Å²) < 4.78 is 0. The molecule has 2 aromatic carbocycles. The lowest BCUT2D eigenvalue weighted by Crippen LogP contribution is -2.11. The maximum Gasteiger partial charge on any atom is 0.272 e. The Kier molecular flexibility index (Phi) is 2.80. The summed E-state index contributed by atoms with van der Waals surface area (Å²) in [5.74, 6) is 0. The first-order valence-corrected chi connectivity index (χ1v) is 6.19. The van der Waals surface area contributed by atoms with Gasteiger partial charge in [0.2, 0.25) is 0 Å². The average Bonchev–Trinajstić information content (AvgIpc) is 2.42. The monoisotopic (exact) mass is 250 g/mol. The number of hydrogen-bond donors (Lipinski definition) is 2. The second kappa shape index (κ2) is 4.61. The van der Waals surface area contributed by atoms with Gasteiger partial charge in [0, 0.05) is 16.6 Å². The van der Waals surface area contributed by atoms with Gasteiger partial charge in [-0.2, -0.15) is 0 Å². The number of aromatic amines is 1. The van der Waals surface area contributed by atoms with Crippen molar-refractivity contribution in [2.75, 3.05) is 5.32 Å². The molecule has 0 spiro atoms. The molecule has 3 heteroatoms. The molecular formula is C16H14N2O. The fourth-order valence-corrected chi connectivity index (χ4v) is 2.10. The van der Waals surface area contributed by atoms with Gasteiger partial charge in [-0.05, 0) is 30.7 Å². The molecule has 0 saturated carbocycles. The van der Waals surface area contributed by atoms with Gasteiger partial charge >= 0.3 is 0 Å². The van der Waals surface area contributed by atoms with Crippen molar-refractivity contribution >= 4 is 22.3 Å². The van der Waals surface area contributed by atoms with Crippen LogP contribution < -0.4 is 10.9 Å². The Bertz CT molecular complexity index is 790. The second-order valence-electron chi connectivity index (χ2n) is 4.54.